The Balaban J connectivity index is 0.000000266. The predicted octanol–water partition coefficient (Wildman–Crippen LogP) is 7.29. The Morgan fingerprint density at radius 1 is 0.653 bits per heavy atom. The number of carboxylic acid groups (broad SMARTS) is 1. The van der Waals surface area contributed by atoms with Crippen LogP contribution in [0.3, 0.4) is 0 Å². The number of nitrogens with one attached hydrogen (secondary N) is 3. The van der Waals surface area contributed by atoms with Crippen LogP contribution in [0.4, 0.5) is 11.4 Å². The normalized spacial score (nSPS) is 10.2. The Morgan fingerprint density at radius 3 is 1.82 bits per heavy atom. The summed E-state index contributed by atoms with van der Waals surface area (Å²) in [5.41, 5.74) is 4.29. The van der Waals surface area contributed by atoms with E-state index in [1.165, 1.54) is 37.8 Å². The summed E-state index contributed by atoms with van der Waals surface area (Å²) in [6, 6.07) is 28.5. The third kappa shape index (κ3) is 14.3. The molecule has 4 rings (SSSR count). The topological polar surface area (TPSA) is 143 Å². The van der Waals surface area contributed by atoms with Crippen molar-refractivity contribution in [2.24, 2.45) is 0 Å². The molecule has 0 aromatic heterocycles. The van der Waals surface area contributed by atoms with Crippen LogP contribution in [0.25, 0.3) is 0 Å². The van der Waals surface area contributed by atoms with E-state index in [1.807, 2.05) is 67.6 Å². The van der Waals surface area contributed by atoms with Crippen LogP contribution in [0.1, 0.15) is 70.9 Å². The van der Waals surface area contributed by atoms with Gasteiger partial charge in [-0.3, -0.25) is 19.2 Å². The lowest BCUT2D eigenvalue weighted by molar-refractivity contribution is -0.135. The predicted molar refractivity (Wildman–Crippen MR) is 192 cm³/mol. The van der Waals surface area contributed by atoms with E-state index in [2.05, 4.69) is 22.9 Å². The molecule has 4 aromatic rings. The van der Waals surface area contributed by atoms with Crippen molar-refractivity contribution < 1.29 is 33.8 Å². The van der Waals surface area contributed by atoms with Gasteiger partial charge in [-0.25, -0.2) is 0 Å². The Hall–Kier alpha value is -5.64. The smallest absolute Gasteiger partial charge is 0.322 e. The zero-order valence-corrected chi connectivity index (χ0v) is 28.3. The van der Waals surface area contributed by atoms with Gasteiger partial charge in [0.25, 0.3) is 11.8 Å². The Kier molecular flexibility index (Phi) is 15.9. The van der Waals surface area contributed by atoms with Gasteiger partial charge in [-0.1, -0.05) is 62.4 Å². The van der Waals surface area contributed by atoms with E-state index in [9.17, 15) is 19.2 Å². The van der Waals surface area contributed by atoms with Gasteiger partial charge in [0, 0.05) is 22.5 Å². The number of rotatable bonds is 16. The Labute approximate surface area is 287 Å². The average molecular weight is 668 g/mol. The number of unbranched alkanes of at least 4 members (excludes halogenated alkanes) is 4. The fourth-order valence-electron chi connectivity index (χ4n) is 4.54. The minimum absolute atomic E-state index is 0.0976. The van der Waals surface area contributed by atoms with Crippen molar-refractivity contribution in [3.05, 3.63) is 119 Å². The Morgan fingerprint density at radius 2 is 1.20 bits per heavy atom. The van der Waals surface area contributed by atoms with Crippen molar-refractivity contribution in [3.8, 4) is 11.5 Å². The fraction of sp³-hybridized carbons (Fsp3) is 0.282. The molecule has 0 aliphatic carbocycles. The maximum atomic E-state index is 12.2. The molecule has 0 aliphatic heterocycles. The van der Waals surface area contributed by atoms with Gasteiger partial charge in [-0.15, -0.1) is 0 Å². The maximum Gasteiger partial charge on any atom is 0.322 e. The van der Waals surface area contributed by atoms with E-state index in [0.717, 1.165) is 41.3 Å². The van der Waals surface area contributed by atoms with Crippen LogP contribution in [0.2, 0.25) is 0 Å². The molecule has 10 heteroatoms. The van der Waals surface area contributed by atoms with Crippen LogP contribution < -0.4 is 25.4 Å². The van der Waals surface area contributed by atoms with Gasteiger partial charge in [0.1, 0.15) is 18.0 Å². The minimum atomic E-state index is -1.12. The summed E-state index contributed by atoms with van der Waals surface area (Å²) in [5, 5.41) is 16.4. The standard InChI is InChI=1S/C21H27NO2.C18H18N2O5/c1-3-4-5-6-7-16-24-20-14-12-19(13-15-20)22-21(23)18-10-8-17(2)9-11-18;1-25-15-8-2-12(3-9-15)10-16(21)20-14-6-4-13(5-7-14)18(24)19-11-17(22)23/h8-15H,3-7,16H2,1-2H3,(H,22,23);2-9H,10-11H2,1H3,(H,19,24)(H,20,21)(H,22,23). The van der Waals surface area contributed by atoms with Crippen LogP contribution in [0.5, 0.6) is 11.5 Å². The molecule has 0 radical (unpaired) electrons. The molecule has 0 saturated carbocycles. The molecule has 258 valence electrons. The van der Waals surface area contributed by atoms with Crippen LogP contribution in [-0.4, -0.2) is 49.1 Å². The SMILES string of the molecule is CCCCCCCOc1ccc(NC(=O)c2ccc(C)cc2)cc1.COc1ccc(CC(=O)Nc2ccc(C(=O)NCC(=O)O)cc2)cc1. The highest BCUT2D eigenvalue weighted by Gasteiger charge is 2.09. The molecule has 3 amide bonds. The van der Waals surface area contributed by atoms with Crippen molar-refractivity contribution >= 4 is 35.1 Å². The summed E-state index contributed by atoms with van der Waals surface area (Å²) in [6.45, 7) is 4.53. The first-order valence-electron chi connectivity index (χ1n) is 16.3. The van der Waals surface area contributed by atoms with E-state index in [4.69, 9.17) is 14.6 Å². The largest absolute Gasteiger partial charge is 0.497 e. The molecule has 0 unspecified atom stereocenters. The fourth-order valence-corrected chi connectivity index (χ4v) is 4.54. The second-order valence-electron chi connectivity index (χ2n) is 11.3. The van der Waals surface area contributed by atoms with Crippen molar-refractivity contribution in [1.82, 2.24) is 5.32 Å². The summed E-state index contributed by atoms with van der Waals surface area (Å²) >= 11 is 0. The highest BCUT2D eigenvalue weighted by atomic mass is 16.5. The van der Waals surface area contributed by atoms with Gasteiger partial charge in [0.05, 0.1) is 20.1 Å². The highest BCUT2D eigenvalue weighted by molar-refractivity contribution is 6.04. The summed E-state index contributed by atoms with van der Waals surface area (Å²) in [4.78, 5) is 46.3. The number of hydrogen-bond acceptors (Lipinski definition) is 6. The molecule has 49 heavy (non-hydrogen) atoms. The number of aliphatic carboxylic acids is 1. The van der Waals surface area contributed by atoms with Crippen LogP contribution in [0.15, 0.2) is 97.1 Å². The second kappa shape index (κ2) is 20.6. The molecule has 4 aromatic carbocycles. The van der Waals surface area contributed by atoms with Gasteiger partial charge in [-0.2, -0.15) is 0 Å². The number of methoxy groups -OCH3 is 1. The zero-order valence-electron chi connectivity index (χ0n) is 28.3. The summed E-state index contributed by atoms with van der Waals surface area (Å²) < 4.78 is 10.8. The molecular weight excluding hydrogens is 622 g/mol. The number of hydrogen-bond donors (Lipinski definition) is 4. The van der Waals surface area contributed by atoms with Crippen LogP contribution in [0, 0.1) is 6.92 Å². The first-order valence-corrected chi connectivity index (χ1v) is 16.3. The maximum absolute atomic E-state index is 12.2. The number of anilines is 2. The summed E-state index contributed by atoms with van der Waals surface area (Å²) in [5.74, 6) is -0.318. The van der Waals surface area contributed by atoms with E-state index < -0.39 is 18.4 Å². The van der Waals surface area contributed by atoms with Crippen molar-refractivity contribution in [2.45, 2.75) is 52.4 Å². The molecule has 4 N–H and O–H groups in total. The molecule has 0 heterocycles. The lowest BCUT2D eigenvalue weighted by Crippen LogP contribution is -2.29. The second-order valence-corrected chi connectivity index (χ2v) is 11.3. The van der Waals surface area contributed by atoms with Gasteiger partial charge in [-0.05, 0) is 91.7 Å². The van der Waals surface area contributed by atoms with Gasteiger partial charge >= 0.3 is 5.97 Å². The van der Waals surface area contributed by atoms with Crippen LogP contribution >= 0.6 is 0 Å². The van der Waals surface area contributed by atoms with E-state index in [1.54, 1.807) is 31.4 Å². The molecule has 0 bridgehead atoms. The van der Waals surface area contributed by atoms with Crippen LogP contribution in [-0.2, 0) is 16.0 Å². The van der Waals surface area contributed by atoms with Crippen molar-refractivity contribution in [3.63, 3.8) is 0 Å². The lowest BCUT2D eigenvalue weighted by Gasteiger charge is -2.08. The number of amides is 3. The number of carbonyl (C=O) groups excluding carboxylic acids is 3. The van der Waals surface area contributed by atoms with E-state index in [-0.39, 0.29) is 18.2 Å². The number of carboxylic acids is 1. The molecule has 0 saturated heterocycles. The zero-order chi connectivity index (χ0) is 35.4. The number of aryl methyl sites for hydroxylation is 1. The average Bonchev–Trinajstić information content (AvgIpc) is 3.10. The lowest BCUT2D eigenvalue weighted by atomic mass is 10.1. The number of carbonyl (C=O) groups is 4. The molecule has 0 fully saturated rings. The third-order valence-corrected chi connectivity index (χ3v) is 7.30. The molecule has 0 atom stereocenters. The molecule has 10 nitrogen and oxygen atoms in total. The first kappa shape index (κ1) is 37.8. The highest BCUT2D eigenvalue weighted by Crippen LogP contribution is 2.18. The van der Waals surface area contributed by atoms with Gasteiger partial charge < -0.3 is 30.5 Å². The Bertz CT molecular complexity index is 1620. The molecule has 0 spiro atoms. The van der Waals surface area contributed by atoms with E-state index >= 15 is 0 Å². The number of ether oxygens (including phenoxy) is 2. The summed E-state index contributed by atoms with van der Waals surface area (Å²) in [6.07, 6.45) is 6.37. The van der Waals surface area contributed by atoms with E-state index in [0.29, 0.717) is 16.8 Å². The minimum Gasteiger partial charge on any atom is -0.497 e. The monoisotopic (exact) mass is 667 g/mol. The summed E-state index contributed by atoms with van der Waals surface area (Å²) in [7, 11) is 1.58. The first-order chi connectivity index (χ1) is 23.7. The third-order valence-electron chi connectivity index (χ3n) is 7.30. The number of benzene rings is 4. The quantitative estimate of drug-likeness (QED) is 0.0920. The van der Waals surface area contributed by atoms with Crippen molar-refractivity contribution in [1.29, 1.82) is 0 Å². The van der Waals surface area contributed by atoms with Gasteiger partial charge in [0.15, 0.2) is 0 Å². The molecule has 0 aliphatic rings. The van der Waals surface area contributed by atoms with Crippen molar-refractivity contribution in [2.75, 3.05) is 30.9 Å². The molecular formula is C39H45N3O7. The van der Waals surface area contributed by atoms with Gasteiger partial charge in [0.2, 0.25) is 5.91 Å².